The van der Waals surface area contributed by atoms with Crippen LogP contribution in [0.3, 0.4) is 0 Å². The van der Waals surface area contributed by atoms with Gasteiger partial charge in [0.05, 0.1) is 10.5 Å². The molecule has 15 heavy (non-hydrogen) atoms. The number of rotatable bonds is 6. The van der Waals surface area contributed by atoms with Gasteiger partial charge < -0.3 is 11.1 Å². The molecule has 1 atom stereocenters. The van der Waals surface area contributed by atoms with Crippen molar-refractivity contribution in [3.05, 3.63) is 0 Å². The summed E-state index contributed by atoms with van der Waals surface area (Å²) in [4.78, 5) is 12.2. The molecule has 1 amide bonds. The summed E-state index contributed by atoms with van der Waals surface area (Å²) < 4.78 is 0. The van der Waals surface area contributed by atoms with E-state index in [9.17, 15) is 4.79 Å². The van der Waals surface area contributed by atoms with E-state index in [1.807, 2.05) is 27.7 Å². The van der Waals surface area contributed by atoms with Gasteiger partial charge in [0.25, 0.3) is 0 Å². The predicted octanol–water partition coefficient (Wildman–Crippen LogP) is 1.99. The Kier molecular flexibility index (Phi) is 5.80. The van der Waals surface area contributed by atoms with Crippen molar-refractivity contribution in [2.75, 3.05) is 0 Å². The van der Waals surface area contributed by atoms with Crippen molar-refractivity contribution in [2.24, 2.45) is 11.7 Å². The Hall–Kier alpha value is -0.640. The van der Waals surface area contributed by atoms with Crippen molar-refractivity contribution in [1.82, 2.24) is 5.32 Å². The summed E-state index contributed by atoms with van der Waals surface area (Å²) >= 11 is 4.97. The van der Waals surface area contributed by atoms with Gasteiger partial charge >= 0.3 is 0 Å². The number of nitrogens with one attached hydrogen (secondary N) is 1. The lowest BCUT2D eigenvalue weighted by molar-refractivity contribution is -0.126. The highest BCUT2D eigenvalue weighted by atomic mass is 32.1. The van der Waals surface area contributed by atoms with Crippen LogP contribution in [0.5, 0.6) is 0 Å². The highest BCUT2D eigenvalue weighted by Crippen LogP contribution is 2.14. The number of carbonyl (C=O) groups is 1. The summed E-state index contributed by atoms with van der Waals surface area (Å²) in [5.74, 6) is 0.113. The average molecular weight is 230 g/mol. The van der Waals surface area contributed by atoms with Crippen LogP contribution in [0.4, 0.5) is 0 Å². The summed E-state index contributed by atoms with van der Waals surface area (Å²) in [6, 6.07) is 0. The van der Waals surface area contributed by atoms with Crippen LogP contribution in [0.2, 0.25) is 0 Å². The lowest BCUT2D eigenvalue weighted by Gasteiger charge is -2.30. The quantitative estimate of drug-likeness (QED) is 0.686. The van der Waals surface area contributed by atoms with Crippen LogP contribution in [-0.4, -0.2) is 16.4 Å². The van der Waals surface area contributed by atoms with E-state index in [0.29, 0.717) is 11.4 Å². The molecule has 0 aromatic carbocycles. The highest BCUT2D eigenvalue weighted by Gasteiger charge is 2.29. The van der Waals surface area contributed by atoms with E-state index in [0.717, 1.165) is 12.8 Å². The van der Waals surface area contributed by atoms with Crippen molar-refractivity contribution in [1.29, 1.82) is 0 Å². The van der Waals surface area contributed by atoms with Gasteiger partial charge in [-0.3, -0.25) is 4.79 Å². The molecule has 4 heteroatoms. The van der Waals surface area contributed by atoms with E-state index in [4.69, 9.17) is 18.0 Å². The normalized spacial score (nSPS) is 14.7. The third kappa shape index (κ3) is 3.78. The molecule has 3 nitrogen and oxygen atoms in total. The van der Waals surface area contributed by atoms with Crippen molar-refractivity contribution < 1.29 is 4.79 Å². The molecule has 0 aliphatic rings. The molecular weight excluding hydrogens is 208 g/mol. The zero-order valence-electron chi connectivity index (χ0n) is 10.1. The van der Waals surface area contributed by atoms with Gasteiger partial charge in [-0.15, -0.1) is 0 Å². The van der Waals surface area contributed by atoms with Crippen LogP contribution in [0.25, 0.3) is 0 Å². The van der Waals surface area contributed by atoms with Crippen LogP contribution in [0.1, 0.15) is 47.0 Å². The van der Waals surface area contributed by atoms with Gasteiger partial charge in [-0.05, 0) is 26.2 Å². The molecule has 0 fully saturated rings. The Morgan fingerprint density at radius 3 is 2.13 bits per heavy atom. The minimum atomic E-state index is -0.547. The monoisotopic (exact) mass is 230 g/mol. The Labute approximate surface area is 97.8 Å². The Bertz CT molecular complexity index is 239. The Morgan fingerprint density at radius 1 is 1.40 bits per heavy atom. The van der Waals surface area contributed by atoms with Gasteiger partial charge in [-0.1, -0.05) is 33.0 Å². The Balaban J connectivity index is 4.56. The molecule has 1 unspecified atom stereocenters. The first-order chi connectivity index (χ1) is 6.91. The van der Waals surface area contributed by atoms with Gasteiger partial charge in [0, 0.05) is 5.92 Å². The first kappa shape index (κ1) is 14.4. The topological polar surface area (TPSA) is 55.1 Å². The summed E-state index contributed by atoms with van der Waals surface area (Å²) in [7, 11) is 0. The van der Waals surface area contributed by atoms with Crippen LogP contribution in [-0.2, 0) is 4.79 Å². The number of hydrogen-bond donors (Lipinski definition) is 2. The zero-order valence-corrected chi connectivity index (χ0v) is 10.9. The van der Waals surface area contributed by atoms with Gasteiger partial charge in [0.15, 0.2) is 0 Å². The van der Waals surface area contributed by atoms with Crippen LogP contribution in [0, 0.1) is 5.92 Å². The molecule has 0 saturated heterocycles. The number of thiocarbonyl (C=S) groups is 1. The number of nitrogens with two attached hydrogens (primary N) is 1. The van der Waals surface area contributed by atoms with Crippen LogP contribution < -0.4 is 11.1 Å². The number of amides is 1. The minimum absolute atomic E-state index is 0.0529. The van der Waals surface area contributed by atoms with E-state index >= 15 is 0 Å². The third-order valence-corrected chi connectivity index (χ3v) is 3.46. The standard InChI is InChI=1S/C11H22N2OS/c1-5-8(6-2)9(14)13-11(4,7-3)10(12)15/h8H,5-7H2,1-4H3,(H2,12,15)(H,13,14). The van der Waals surface area contributed by atoms with Gasteiger partial charge in [0.2, 0.25) is 5.91 Å². The lowest BCUT2D eigenvalue weighted by atomic mass is 9.95. The molecule has 0 aromatic heterocycles. The maximum atomic E-state index is 11.9. The summed E-state index contributed by atoms with van der Waals surface area (Å²) in [6.45, 7) is 7.86. The molecule has 0 saturated carbocycles. The van der Waals surface area contributed by atoms with Crippen LogP contribution in [0.15, 0.2) is 0 Å². The molecule has 0 aliphatic carbocycles. The molecule has 0 aliphatic heterocycles. The van der Waals surface area contributed by atoms with Crippen molar-refractivity contribution >= 4 is 23.1 Å². The van der Waals surface area contributed by atoms with Crippen LogP contribution >= 0.6 is 12.2 Å². The zero-order chi connectivity index (χ0) is 12.1. The molecule has 88 valence electrons. The molecule has 0 bridgehead atoms. The third-order valence-electron chi connectivity index (χ3n) is 3.01. The van der Waals surface area contributed by atoms with E-state index in [-0.39, 0.29) is 11.8 Å². The van der Waals surface area contributed by atoms with Gasteiger partial charge in [-0.2, -0.15) is 0 Å². The van der Waals surface area contributed by atoms with E-state index < -0.39 is 5.54 Å². The molecule has 3 N–H and O–H groups in total. The predicted molar refractivity (Wildman–Crippen MR) is 67.7 cm³/mol. The van der Waals surface area contributed by atoms with Crippen molar-refractivity contribution in [2.45, 2.75) is 52.5 Å². The second kappa shape index (κ2) is 6.05. The molecule has 0 heterocycles. The number of carbonyl (C=O) groups excluding carboxylic acids is 1. The average Bonchev–Trinajstić information content (AvgIpc) is 2.19. The SMILES string of the molecule is CCC(CC)C(=O)NC(C)(CC)C(N)=S. The smallest absolute Gasteiger partial charge is 0.223 e. The fourth-order valence-corrected chi connectivity index (χ4v) is 1.55. The van der Waals surface area contributed by atoms with Crippen molar-refractivity contribution in [3.63, 3.8) is 0 Å². The summed E-state index contributed by atoms with van der Waals surface area (Å²) in [6.07, 6.45) is 2.41. The molecule has 0 aromatic rings. The number of hydrogen-bond acceptors (Lipinski definition) is 2. The second-order valence-corrected chi connectivity index (χ2v) is 4.49. The van der Waals surface area contributed by atoms with E-state index in [1.54, 1.807) is 0 Å². The maximum absolute atomic E-state index is 11.9. The fraction of sp³-hybridized carbons (Fsp3) is 0.818. The summed E-state index contributed by atoms with van der Waals surface area (Å²) in [5, 5.41) is 2.94. The first-order valence-corrected chi connectivity index (χ1v) is 5.94. The van der Waals surface area contributed by atoms with E-state index in [2.05, 4.69) is 5.32 Å². The van der Waals surface area contributed by atoms with E-state index in [1.165, 1.54) is 0 Å². The molecule has 0 radical (unpaired) electrons. The van der Waals surface area contributed by atoms with Crippen molar-refractivity contribution in [3.8, 4) is 0 Å². The largest absolute Gasteiger partial charge is 0.391 e. The molecule has 0 rings (SSSR count). The second-order valence-electron chi connectivity index (χ2n) is 4.05. The Morgan fingerprint density at radius 2 is 1.87 bits per heavy atom. The summed E-state index contributed by atoms with van der Waals surface area (Å²) in [5.41, 5.74) is 5.08. The fourth-order valence-electron chi connectivity index (χ4n) is 1.36. The highest BCUT2D eigenvalue weighted by molar-refractivity contribution is 7.80. The minimum Gasteiger partial charge on any atom is -0.391 e. The first-order valence-electron chi connectivity index (χ1n) is 5.53. The maximum Gasteiger partial charge on any atom is 0.223 e. The molecule has 0 spiro atoms. The lowest BCUT2D eigenvalue weighted by Crippen LogP contribution is -2.55. The molecular formula is C11H22N2OS. The van der Waals surface area contributed by atoms with Gasteiger partial charge in [0.1, 0.15) is 0 Å². The van der Waals surface area contributed by atoms with Gasteiger partial charge in [-0.25, -0.2) is 0 Å².